The lowest BCUT2D eigenvalue weighted by Gasteiger charge is -2.11. The van der Waals surface area contributed by atoms with E-state index in [0.717, 1.165) is 16.9 Å². The highest BCUT2D eigenvalue weighted by atomic mass is 16.5. The van der Waals surface area contributed by atoms with Crippen molar-refractivity contribution < 1.29 is 4.74 Å². The van der Waals surface area contributed by atoms with Gasteiger partial charge in [-0.15, -0.1) is 0 Å². The van der Waals surface area contributed by atoms with Crippen LogP contribution in [0, 0.1) is 0 Å². The van der Waals surface area contributed by atoms with Gasteiger partial charge in [0, 0.05) is 17.3 Å². The second kappa shape index (κ2) is 4.66. The minimum atomic E-state index is 0.641. The molecular weight excluding hydrogens is 200 g/mol. The van der Waals surface area contributed by atoms with E-state index in [0.29, 0.717) is 12.3 Å². The Balaban J connectivity index is 2.51. The van der Waals surface area contributed by atoms with Crippen molar-refractivity contribution in [1.82, 2.24) is 4.98 Å². The molecule has 16 heavy (non-hydrogen) atoms. The van der Waals surface area contributed by atoms with Gasteiger partial charge in [0.15, 0.2) is 0 Å². The lowest BCUT2D eigenvalue weighted by atomic mass is 10.0. The third-order valence-electron chi connectivity index (χ3n) is 2.33. The summed E-state index contributed by atoms with van der Waals surface area (Å²) in [5.74, 6) is 0.850. The van der Waals surface area contributed by atoms with Gasteiger partial charge in [-0.25, -0.2) is 0 Å². The van der Waals surface area contributed by atoms with Crippen LogP contribution in [0.1, 0.15) is 6.92 Å². The van der Waals surface area contributed by atoms with E-state index in [2.05, 4.69) is 4.98 Å². The van der Waals surface area contributed by atoms with Gasteiger partial charge in [-0.2, -0.15) is 0 Å². The molecule has 2 aromatic rings. The first kappa shape index (κ1) is 10.5. The van der Waals surface area contributed by atoms with Crippen molar-refractivity contribution in [2.24, 2.45) is 0 Å². The molecule has 82 valence electrons. The summed E-state index contributed by atoms with van der Waals surface area (Å²) in [5, 5.41) is 0. The highest BCUT2D eigenvalue weighted by Crippen LogP contribution is 2.32. The van der Waals surface area contributed by atoms with Crippen LogP contribution in [0.5, 0.6) is 5.75 Å². The third-order valence-corrected chi connectivity index (χ3v) is 2.33. The maximum Gasteiger partial charge on any atom is 0.127 e. The van der Waals surface area contributed by atoms with Crippen LogP contribution in [0.15, 0.2) is 42.7 Å². The molecule has 1 aromatic carbocycles. The zero-order valence-corrected chi connectivity index (χ0v) is 9.18. The zero-order valence-electron chi connectivity index (χ0n) is 9.18. The van der Waals surface area contributed by atoms with Crippen molar-refractivity contribution in [3.05, 3.63) is 42.7 Å². The minimum absolute atomic E-state index is 0.641. The number of anilines is 1. The average Bonchev–Trinajstić information content (AvgIpc) is 2.31. The minimum Gasteiger partial charge on any atom is -0.493 e. The van der Waals surface area contributed by atoms with Crippen molar-refractivity contribution >= 4 is 5.69 Å². The number of nitrogens with zero attached hydrogens (tertiary/aromatic N) is 1. The number of rotatable bonds is 3. The Hall–Kier alpha value is -2.03. The normalized spacial score (nSPS) is 10.1. The van der Waals surface area contributed by atoms with Gasteiger partial charge in [0.25, 0.3) is 0 Å². The molecule has 0 fully saturated rings. The molecule has 1 aromatic heterocycles. The molecule has 0 saturated carbocycles. The molecule has 0 bridgehead atoms. The molecule has 0 aliphatic rings. The average molecular weight is 214 g/mol. The zero-order chi connectivity index (χ0) is 11.4. The molecule has 3 heteroatoms. The summed E-state index contributed by atoms with van der Waals surface area (Å²) in [6, 6.07) is 9.76. The molecule has 0 amide bonds. The van der Waals surface area contributed by atoms with E-state index in [9.17, 15) is 0 Å². The number of para-hydroxylation sites is 1. The van der Waals surface area contributed by atoms with Gasteiger partial charge in [-0.1, -0.05) is 18.2 Å². The Labute approximate surface area is 94.9 Å². The smallest absolute Gasteiger partial charge is 0.127 e. The Morgan fingerprint density at radius 1 is 1.19 bits per heavy atom. The fraction of sp³-hybridized carbons (Fsp3) is 0.154. The summed E-state index contributed by atoms with van der Waals surface area (Å²) in [5.41, 5.74) is 8.52. The Morgan fingerprint density at radius 2 is 2.00 bits per heavy atom. The third kappa shape index (κ3) is 1.98. The first-order valence-electron chi connectivity index (χ1n) is 5.24. The monoisotopic (exact) mass is 214 g/mol. The molecule has 0 aliphatic heterocycles. The van der Waals surface area contributed by atoms with E-state index < -0.39 is 0 Å². The van der Waals surface area contributed by atoms with Crippen LogP contribution in [0.25, 0.3) is 11.1 Å². The molecule has 2 rings (SSSR count). The second-order valence-electron chi connectivity index (χ2n) is 3.39. The van der Waals surface area contributed by atoms with Crippen LogP contribution in [-0.4, -0.2) is 11.6 Å². The predicted molar refractivity (Wildman–Crippen MR) is 65.3 cm³/mol. The standard InChI is InChI=1S/C13H14N2O/c1-2-16-13-6-4-3-5-11(13)10-7-8-15-9-12(10)14/h3-9H,2,14H2,1H3. The van der Waals surface area contributed by atoms with E-state index in [-0.39, 0.29) is 0 Å². The van der Waals surface area contributed by atoms with Gasteiger partial charge in [-0.3, -0.25) is 4.98 Å². The number of nitrogens with two attached hydrogens (primary N) is 1. The summed E-state index contributed by atoms with van der Waals surface area (Å²) in [6.07, 6.45) is 3.38. The summed E-state index contributed by atoms with van der Waals surface area (Å²) in [6.45, 7) is 2.61. The van der Waals surface area contributed by atoms with Crippen LogP contribution in [-0.2, 0) is 0 Å². The van der Waals surface area contributed by atoms with Crippen molar-refractivity contribution in [3.8, 4) is 16.9 Å². The molecule has 1 heterocycles. The van der Waals surface area contributed by atoms with Gasteiger partial charge in [0.05, 0.1) is 18.5 Å². The predicted octanol–water partition coefficient (Wildman–Crippen LogP) is 2.73. The van der Waals surface area contributed by atoms with Gasteiger partial charge >= 0.3 is 0 Å². The first-order chi connectivity index (χ1) is 7.83. The molecule has 2 N–H and O–H groups in total. The summed E-state index contributed by atoms with van der Waals surface area (Å²) >= 11 is 0. The molecule has 3 nitrogen and oxygen atoms in total. The molecular formula is C13H14N2O. The maximum atomic E-state index is 5.90. The lowest BCUT2D eigenvalue weighted by Crippen LogP contribution is -1.96. The van der Waals surface area contributed by atoms with Crippen molar-refractivity contribution in [2.45, 2.75) is 6.92 Å². The van der Waals surface area contributed by atoms with E-state index in [1.165, 1.54) is 0 Å². The van der Waals surface area contributed by atoms with Gasteiger partial charge in [0.2, 0.25) is 0 Å². The number of hydrogen-bond donors (Lipinski definition) is 1. The number of benzene rings is 1. The van der Waals surface area contributed by atoms with Gasteiger partial charge < -0.3 is 10.5 Å². The fourth-order valence-corrected chi connectivity index (χ4v) is 1.62. The first-order valence-corrected chi connectivity index (χ1v) is 5.24. The van der Waals surface area contributed by atoms with Crippen LogP contribution in [0.2, 0.25) is 0 Å². The molecule has 0 radical (unpaired) electrons. The number of hydrogen-bond acceptors (Lipinski definition) is 3. The van der Waals surface area contributed by atoms with Crippen LogP contribution >= 0.6 is 0 Å². The quantitative estimate of drug-likeness (QED) is 0.854. The van der Waals surface area contributed by atoms with Crippen LogP contribution in [0.3, 0.4) is 0 Å². The van der Waals surface area contributed by atoms with Crippen LogP contribution in [0.4, 0.5) is 5.69 Å². The van der Waals surface area contributed by atoms with E-state index in [1.807, 2.05) is 37.3 Å². The Morgan fingerprint density at radius 3 is 2.75 bits per heavy atom. The van der Waals surface area contributed by atoms with E-state index >= 15 is 0 Å². The fourth-order valence-electron chi connectivity index (χ4n) is 1.62. The number of nitrogen functional groups attached to an aromatic ring is 1. The van der Waals surface area contributed by atoms with Crippen LogP contribution < -0.4 is 10.5 Å². The highest BCUT2D eigenvalue weighted by molar-refractivity contribution is 5.79. The van der Waals surface area contributed by atoms with Crippen molar-refractivity contribution in [1.29, 1.82) is 0 Å². The van der Waals surface area contributed by atoms with Gasteiger partial charge in [-0.05, 0) is 19.1 Å². The summed E-state index contributed by atoms with van der Waals surface area (Å²) < 4.78 is 5.57. The number of aromatic nitrogens is 1. The Bertz CT molecular complexity index is 483. The molecule has 0 saturated heterocycles. The van der Waals surface area contributed by atoms with Gasteiger partial charge in [0.1, 0.15) is 5.75 Å². The molecule has 0 aliphatic carbocycles. The van der Waals surface area contributed by atoms with Crippen molar-refractivity contribution in [2.75, 3.05) is 12.3 Å². The summed E-state index contributed by atoms with van der Waals surface area (Å²) in [4.78, 5) is 3.98. The molecule has 0 atom stereocenters. The van der Waals surface area contributed by atoms with E-state index in [4.69, 9.17) is 10.5 Å². The van der Waals surface area contributed by atoms with Crippen molar-refractivity contribution in [3.63, 3.8) is 0 Å². The molecule has 0 spiro atoms. The number of pyridine rings is 1. The highest BCUT2D eigenvalue weighted by Gasteiger charge is 2.07. The largest absolute Gasteiger partial charge is 0.493 e. The summed E-state index contributed by atoms with van der Waals surface area (Å²) in [7, 11) is 0. The lowest BCUT2D eigenvalue weighted by molar-refractivity contribution is 0.341. The second-order valence-corrected chi connectivity index (χ2v) is 3.39. The number of ether oxygens (including phenoxy) is 1. The SMILES string of the molecule is CCOc1ccccc1-c1ccncc1N. The Kier molecular flexibility index (Phi) is 3.05. The van der Waals surface area contributed by atoms with E-state index in [1.54, 1.807) is 12.4 Å². The maximum absolute atomic E-state index is 5.90. The molecule has 0 unspecified atom stereocenters. The topological polar surface area (TPSA) is 48.1 Å².